The van der Waals surface area contributed by atoms with Crippen molar-refractivity contribution in [1.29, 1.82) is 5.26 Å². The summed E-state index contributed by atoms with van der Waals surface area (Å²) in [6, 6.07) is 7.18. The Morgan fingerprint density at radius 1 is 1.42 bits per heavy atom. The monoisotopic (exact) mass is 375 g/mol. The molecule has 26 heavy (non-hydrogen) atoms. The smallest absolute Gasteiger partial charge is 0.310 e. The molecule has 0 aliphatic rings. The number of nitro groups is 1. The van der Waals surface area contributed by atoms with Crippen LogP contribution in [0.1, 0.15) is 23.4 Å². The molecular weight excluding hydrogens is 358 g/mol. The van der Waals surface area contributed by atoms with E-state index < -0.39 is 4.92 Å². The van der Waals surface area contributed by atoms with E-state index in [1.807, 2.05) is 13.0 Å². The molecule has 0 saturated heterocycles. The van der Waals surface area contributed by atoms with E-state index in [9.17, 15) is 14.9 Å². The normalized spacial score (nSPS) is 10.4. The van der Waals surface area contributed by atoms with Gasteiger partial charge in [-0.3, -0.25) is 19.6 Å². The van der Waals surface area contributed by atoms with E-state index in [4.69, 9.17) is 16.9 Å². The summed E-state index contributed by atoms with van der Waals surface area (Å²) in [5, 5.41) is 24.7. The first-order valence-electron chi connectivity index (χ1n) is 7.88. The number of carbonyl (C=O) groups excluding carboxylic acids is 1. The number of aromatic nitrogens is 2. The van der Waals surface area contributed by atoms with Crippen LogP contribution in [0.3, 0.4) is 0 Å². The number of carbonyl (C=O) groups is 1. The minimum Gasteiger partial charge on any atom is -0.310 e. The van der Waals surface area contributed by atoms with Crippen LogP contribution in [0.15, 0.2) is 18.2 Å². The zero-order valence-electron chi connectivity index (χ0n) is 14.7. The molecule has 0 radical (unpaired) electrons. The van der Waals surface area contributed by atoms with Crippen molar-refractivity contribution in [3.63, 3.8) is 0 Å². The lowest BCUT2D eigenvalue weighted by molar-refractivity contribution is -0.386. The average molecular weight is 376 g/mol. The number of aryl methyl sites for hydroxylation is 2. The Hall–Kier alpha value is -2.92. The van der Waals surface area contributed by atoms with Crippen LogP contribution in [0.4, 0.5) is 11.4 Å². The van der Waals surface area contributed by atoms with Crippen LogP contribution in [0.5, 0.6) is 0 Å². The maximum atomic E-state index is 12.8. The van der Waals surface area contributed by atoms with Crippen molar-refractivity contribution in [2.45, 2.75) is 33.7 Å². The van der Waals surface area contributed by atoms with Crippen LogP contribution in [-0.2, 0) is 11.3 Å². The lowest BCUT2D eigenvalue weighted by atomic mass is 10.2. The highest BCUT2D eigenvalue weighted by Crippen LogP contribution is 2.25. The molecule has 136 valence electrons. The second-order valence-corrected chi connectivity index (χ2v) is 6.23. The van der Waals surface area contributed by atoms with Gasteiger partial charge < -0.3 is 4.90 Å². The summed E-state index contributed by atoms with van der Waals surface area (Å²) in [6.45, 7) is 4.95. The summed E-state index contributed by atoms with van der Waals surface area (Å²) in [6.07, 6.45) is 0.157. The van der Waals surface area contributed by atoms with Gasteiger partial charge in [-0.2, -0.15) is 10.4 Å². The van der Waals surface area contributed by atoms with E-state index in [-0.39, 0.29) is 36.8 Å². The first kappa shape index (κ1) is 19.4. The SMILES string of the molecule is Cc1cc(N(CCC#N)C(=O)Cn2nc(C)c([N+](=O)[O-])c2C)ccc1Cl. The van der Waals surface area contributed by atoms with Gasteiger partial charge >= 0.3 is 5.69 Å². The summed E-state index contributed by atoms with van der Waals surface area (Å²) in [5.74, 6) is -0.317. The maximum absolute atomic E-state index is 12.8. The lowest BCUT2D eigenvalue weighted by Gasteiger charge is -2.22. The molecule has 0 unspecified atom stereocenters. The summed E-state index contributed by atoms with van der Waals surface area (Å²) in [7, 11) is 0. The van der Waals surface area contributed by atoms with Gasteiger partial charge in [-0.1, -0.05) is 11.6 Å². The van der Waals surface area contributed by atoms with Crippen molar-refractivity contribution in [1.82, 2.24) is 9.78 Å². The Kier molecular flexibility index (Phi) is 5.95. The van der Waals surface area contributed by atoms with E-state index in [1.165, 1.54) is 16.5 Å². The number of hydrogen-bond donors (Lipinski definition) is 0. The Balaban J connectivity index is 2.33. The van der Waals surface area contributed by atoms with Crippen LogP contribution in [0, 0.1) is 42.2 Å². The highest BCUT2D eigenvalue weighted by molar-refractivity contribution is 6.31. The van der Waals surface area contributed by atoms with Gasteiger partial charge in [0, 0.05) is 17.3 Å². The molecule has 0 atom stereocenters. The van der Waals surface area contributed by atoms with Crippen LogP contribution >= 0.6 is 11.6 Å². The molecule has 0 N–H and O–H groups in total. The van der Waals surface area contributed by atoms with Crippen LogP contribution in [-0.4, -0.2) is 27.2 Å². The summed E-state index contributed by atoms with van der Waals surface area (Å²) in [4.78, 5) is 24.9. The number of hydrogen-bond acceptors (Lipinski definition) is 5. The first-order valence-corrected chi connectivity index (χ1v) is 8.26. The fourth-order valence-corrected chi connectivity index (χ4v) is 2.79. The van der Waals surface area contributed by atoms with E-state index >= 15 is 0 Å². The maximum Gasteiger partial charge on any atom is 0.312 e. The van der Waals surface area contributed by atoms with Crippen molar-refractivity contribution in [3.8, 4) is 6.07 Å². The third-order valence-electron chi connectivity index (χ3n) is 4.01. The fourth-order valence-electron chi connectivity index (χ4n) is 2.68. The predicted molar refractivity (Wildman–Crippen MR) is 97.1 cm³/mol. The van der Waals surface area contributed by atoms with E-state index in [0.29, 0.717) is 16.4 Å². The highest BCUT2D eigenvalue weighted by Gasteiger charge is 2.24. The molecule has 1 aromatic heterocycles. The van der Waals surface area contributed by atoms with Gasteiger partial charge in [0.05, 0.1) is 17.4 Å². The second kappa shape index (κ2) is 7.97. The highest BCUT2D eigenvalue weighted by atomic mass is 35.5. The third kappa shape index (κ3) is 4.00. The van der Waals surface area contributed by atoms with Gasteiger partial charge in [-0.25, -0.2) is 0 Å². The first-order chi connectivity index (χ1) is 12.3. The number of anilines is 1. The average Bonchev–Trinajstić information content (AvgIpc) is 2.84. The molecule has 0 fully saturated rings. The van der Waals surface area contributed by atoms with E-state index in [1.54, 1.807) is 25.1 Å². The molecule has 1 amide bonds. The molecule has 1 aromatic carbocycles. The molecule has 0 bridgehead atoms. The lowest BCUT2D eigenvalue weighted by Crippen LogP contribution is -2.35. The number of benzene rings is 1. The molecule has 2 aromatic rings. The van der Waals surface area contributed by atoms with Gasteiger partial charge in [0.2, 0.25) is 5.91 Å². The van der Waals surface area contributed by atoms with Gasteiger partial charge in [0.1, 0.15) is 17.9 Å². The Labute approximate surface area is 155 Å². The molecule has 0 saturated carbocycles. The molecule has 0 aliphatic heterocycles. The van der Waals surface area contributed by atoms with E-state index in [2.05, 4.69) is 5.10 Å². The number of rotatable bonds is 6. The van der Waals surface area contributed by atoms with Gasteiger partial charge in [0.25, 0.3) is 0 Å². The van der Waals surface area contributed by atoms with E-state index in [0.717, 1.165) is 5.56 Å². The molecule has 0 aliphatic carbocycles. The van der Waals surface area contributed by atoms with Gasteiger partial charge in [-0.15, -0.1) is 0 Å². The number of halogens is 1. The molecule has 9 heteroatoms. The summed E-state index contributed by atoms with van der Waals surface area (Å²) in [5.41, 5.74) is 1.90. The largest absolute Gasteiger partial charge is 0.312 e. The summed E-state index contributed by atoms with van der Waals surface area (Å²) < 4.78 is 1.32. The quantitative estimate of drug-likeness (QED) is 0.568. The van der Waals surface area contributed by atoms with Crippen molar-refractivity contribution in [2.24, 2.45) is 0 Å². The van der Waals surface area contributed by atoms with Gasteiger partial charge in [0.15, 0.2) is 0 Å². The number of nitrogens with zero attached hydrogens (tertiary/aromatic N) is 5. The molecule has 1 heterocycles. The van der Waals surface area contributed by atoms with Crippen molar-refractivity contribution >= 4 is 28.9 Å². The van der Waals surface area contributed by atoms with Crippen LogP contribution < -0.4 is 4.90 Å². The topological polar surface area (TPSA) is 105 Å². The predicted octanol–water partition coefficient (Wildman–Crippen LogP) is 3.32. The number of nitriles is 1. The molecular formula is C17H18ClN5O3. The fraction of sp³-hybridized carbons (Fsp3) is 0.353. The molecule has 2 rings (SSSR count). The second-order valence-electron chi connectivity index (χ2n) is 5.82. The Morgan fingerprint density at radius 2 is 2.12 bits per heavy atom. The van der Waals surface area contributed by atoms with Crippen LogP contribution in [0.25, 0.3) is 0 Å². The minimum absolute atomic E-state index is 0.0938. The van der Waals surface area contributed by atoms with Crippen molar-refractivity contribution in [2.75, 3.05) is 11.4 Å². The minimum atomic E-state index is -0.505. The third-order valence-corrected chi connectivity index (χ3v) is 4.44. The standard InChI is InChI=1S/C17H18ClN5O3/c1-11-9-14(5-6-15(11)18)21(8-4-7-19)16(24)10-22-13(3)17(23(25)26)12(2)20-22/h5-6,9H,4,8,10H2,1-3H3. The van der Waals surface area contributed by atoms with Crippen molar-refractivity contribution < 1.29 is 9.72 Å². The van der Waals surface area contributed by atoms with Gasteiger partial charge in [-0.05, 0) is 44.5 Å². The van der Waals surface area contributed by atoms with Crippen LogP contribution in [0.2, 0.25) is 5.02 Å². The number of amides is 1. The Bertz CT molecular complexity index is 901. The summed E-state index contributed by atoms with van der Waals surface area (Å²) >= 11 is 6.04. The zero-order chi connectivity index (χ0) is 19.4. The zero-order valence-corrected chi connectivity index (χ0v) is 15.4. The molecule has 8 nitrogen and oxygen atoms in total. The molecule has 0 spiro atoms. The Morgan fingerprint density at radius 3 is 2.65 bits per heavy atom. The van der Waals surface area contributed by atoms with Crippen molar-refractivity contribution in [3.05, 3.63) is 50.3 Å².